The highest BCUT2D eigenvalue weighted by Gasteiger charge is 2.37. The maximum Gasteiger partial charge on any atom is 0.0235 e. The molecule has 1 N–H and O–H groups in total. The molecule has 0 spiro atoms. The van der Waals surface area contributed by atoms with Crippen molar-refractivity contribution in [2.45, 2.75) is 57.5 Å². The lowest BCUT2D eigenvalue weighted by Gasteiger charge is -2.27. The first-order chi connectivity index (χ1) is 9.36. The number of hydrogen-bond donors (Lipinski definition) is 1. The zero-order chi connectivity index (χ0) is 13.1. The maximum atomic E-state index is 3.74. The third kappa shape index (κ3) is 3.32. The van der Waals surface area contributed by atoms with Gasteiger partial charge in [0.15, 0.2) is 0 Å². The smallest absolute Gasteiger partial charge is 0.0235 e. The summed E-state index contributed by atoms with van der Waals surface area (Å²) in [5.74, 6) is 0.948. The number of nitrogens with zero attached hydrogens (tertiary/aromatic N) is 2. The molecule has 0 aromatic heterocycles. The lowest BCUT2D eigenvalue weighted by Crippen LogP contribution is -2.41. The lowest BCUT2D eigenvalue weighted by molar-refractivity contribution is 0.206. The molecular weight excluding hydrogens is 234 g/mol. The van der Waals surface area contributed by atoms with Crippen LogP contribution in [0.1, 0.15) is 45.4 Å². The topological polar surface area (TPSA) is 18.5 Å². The summed E-state index contributed by atoms with van der Waals surface area (Å²) in [4.78, 5) is 5.50. The van der Waals surface area contributed by atoms with Gasteiger partial charge in [-0.3, -0.25) is 4.90 Å². The number of fused-ring (bicyclic) bond motifs is 1. The summed E-state index contributed by atoms with van der Waals surface area (Å²) in [5.41, 5.74) is 0. The fourth-order valence-corrected chi connectivity index (χ4v) is 4.42. The van der Waals surface area contributed by atoms with Crippen molar-refractivity contribution in [1.82, 2.24) is 15.1 Å². The van der Waals surface area contributed by atoms with E-state index in [1.54, 1.807) is 0 Å². The largest absolute Gasteiger partial charge is 0.312 e. The molecule has 3 fully saturated rings. The Bertz CT molecular complexity index is 267. The zero-order valence-corrected chi connectivity index (χ0v) is 12.6. The van der Waals surface area contributed by atoms with Crippen LogP contribution in [0.4, 0.5) is 0 Å². The molecule has 3 nitrogen and oxygen atoms in total. The summed E-state index contributed by atoms with van der Waals surface area (Å²) in [7, 11) is 0. The summed E-state index contributed by atoms with van der Waals surface area (Å²) < 4.78 is 0. The van der Waals surface area contributed by atoms with Crippen molar-refractivity contribution in [1.29, 1.82) is 0 Å². The van der Waals surface area contributed by atoms with E-state index in [0.717, 1.165) is 18.0 Å². The molecule has 0 aromatic rings. The fraction of sp³-hybridized carbons (Fsp3) is 1.00. The van der Waals surface area contributed by atoms with Gasteiger partial charge >= 0.3 is 0 Å². The molecule has 3 aliphatic rings. The van der Waals surface area contributed by atoms with Crippen LogP contribution in [0, 0.1) is 5.92 Å². The first-order valence-corrected chi connectivity index (χ1v) is 8.56. The third-order valence-corrected chi connectivity index (χ3v) is 5.47. The van der Waals surface area contributed by atoms with E-state index < -0.39 is 0 Å². The van der Waals surface area contributed by atoms with Crippen molar-refractivity contribution in [3.63, 3.8) is 0 Å². The van der Waals surface area contributed by atoms with Gasteiger partial charge in [-0.1, -0.05) is 6.92 Å². The van der Waals surface area contributed by atoms with Crippen molar-refractivity contribution in [2.24, 2.45) is 5.92 Å². The van der Waals surface area contributed by atoms with Crippen molar-refractivity contribution in [3.05, 3.63) is 0 Å². The van der Waals surface area contributed by atoms with Gasteiger partial charge in [-0.2, -0.15) is 0 Å². The van der Waals surface area contributed by atoms with E-state index in [2.05, 4.69) is 22.0 Å². The Kier molecular flexibility index (Phi) is 4.78. The van der Waals surface area contributed by atoms with Gasteiger partial charge in [0, 0.05) is 25.2 Å². The summed E-state index contributed by atoms with van der Waals surface area (Å²) in [6.45, 7) is 10.2. The average Bonchev–Trinajstić information content (AvgIpc) is 2.72. The van der Waals surface area contributed by atoms with Crippen LogP contribution in [0.2, 0.25) is 0 Å². The van der Waals surface area contributed by atoms with E-state index in [1.165, 1.54) is 77.8 Å². The Balaban J connectivity index is 1.52. The number of nitrogens with one attached hydrogen (secondary N) is 1. The van der Waals surface area contributed by atoms with Gasteiger partial charge in [-0.25, -0.2) is 0 Å². The molecule has 3 rings (SSSR count). The van der Waals surface area contributed by atoms with Crippen LogP contribution in [0.5, 0.6) is 0 Å². The number of piperidine rings is 1. The predicted octanol–water partition coefficient (Wildman–Crippen LogP) is 1.93. The second kappa shape index (κ2) is 6.55. The molecule has 0 aliphatic carbocycles. The van der Waals surface area contributed by atoms with E-state index in [-0.39, 0.29) is 0 Å². The van der Waals surface area contributed by atoms with Crippen LogP contribution in [-0.2, 0) is 0 Å². The van der Waals surface area contributed by atoms with E-state index in [4.69, 9.17) is 0 Å². The molecular formula is C16H31N3. The van der Waals surface area contributed by atoms with E-state index >= 15 is 0 Å². The van der Waals surface area contributed by atoms with Crippen LogP contribution in [0.15, 0.2) is 0 Å². The Morgan fingerprint density at radius 1 is 1.05 bits per heavy atom. The Hall–Kier alpha value is -0.120. The second-order valence-electron chi connectivity index (χ2n) is 6.84. The SMILES string of the molecule is CCCN1CCCC(N2CC3CCCNC3C2)CC1. The lowest BCUT2D eigenvalue weighted by atomic mass is 9.94. The molecule has 0 bridgehead atoms. The van der Waals surface area contributed by atoms with Gasteiger partial charge in [0.2, 0.25) is 0 Å². The molecule has 0 aromatic carbocycles. The summed E-state index contributed by atoms with van der Waals surface area (Å²) in [6.07, 6.45) is 8.40. The van der Waals surface area contributed by atoms with Crippen molar-refractivity contribution in [3.8, 4) is 0 Å². The molecule has 0 saturated carbocycles. The molecule has 0 radical (unpaired) electrons. The molecule has 0 amide bonds. The summed E-state index contributed by atoms with van der Waals surface area (Å²) >= 11 is 0. The van der Waals surface area contributed by atoms with E-state index in [1.807, 2.05) is 0 Å². The highest BCUT2D eigenvalue weighted by molar-refractivity contribution is 4.94. The van der Waals surface area contributed by atoms with Gasteiger partial charge in [-0.15, -0.1) is 0 Å². The molecule has 3 saturated heterocycles. The standard InChI is InChI=1S/C16H31N3/c1-2-9-18-10-4-6-15(7-11-18)19-12-14-5-3-8-17-16(14)13-19/h14-17H,2-13H2,1H3. The van der Waals surface area contributed by atoms with Gasteiger partial charge in [0.25, 0.3) is 0 Å². The number of rotatable bonds is 3. The number of likely N-dealkylation sites (tertiary alicyclic amines) is 2. The monoisotopic (exact) mass is 265 g/mol. The van der Waals surface area contributed by atoms with Crippen molar-refractivity contribution < 1.29 is 0 Å². The van der Waals surface area contributed by atoms with Crippen molar-refractivity contribution >= 4 is 0 Å². The highest BCUT2D eigenvalue weighted by atomic mass is 15.2. The average molecular weight is 265 g/mol. The quantitative estimate of drug-likeness (QED) is 0.841. The summed E-state index contributed by atoms with van der Waals surface area (Å²) in [6, 6.07) is 1.68. The van der Waals surface area contributed by atoms with Gasteiger partial charge < -0.3 is 10.2 Å². The minimum Gasteiger partial charge on any atom is -0.312 e. The van der Waals surface area contributed by atoms with Crippen LogP contribution in [0.25, 0.3) is 0 Å². The van der Waals surface area contributed by atoms with E-state index in [9.17, 15) is 0 Å². The maximum absolute atomic E-state index is 3.74. The highest BCUT2D eigenvalue weighted by Crippen LogP contribution is 2.29. The van der Waals surface area contributed by atoms with Gasteiger partial charge in [0.05, 0.1) is 0 Å². The van der Waals surface area contributed by atoms with Crippen molar-refractivity contribution in [2.75, 3.05) is 39.3 Å². The first kappa shape index (κ1) is 13.8. The normalized spacial score (nSPS) is 38.1. The van der Waals surface area contributed by atoms with Crippen LogP contribution < -0.4 is 5.32 Å². The zero-order valence-electron chi connectivity index (χ0n) is 12.6. The third-order valence-electron chi connectivity index (χ3n) is 5.47. The van der Waals surface area contributed by atoms with Crippen LogP contribution in [0.3, 0.4) is 0 Å². The Labute approximate surface area is 118 Å². The summed E-state index contributed by atoms with van der Waals surface area (Å²) in [5, 5.41) is 3.74. The second-order valence-corrected chi connectivity index (χ2v) is 6.84. The van der Waals surface area contributed by atoms with Gasteiger partial charge in [-0.05, 0) is 70.6 Å². The number of hydrogen-bond acceptors (Lipinski definition) is 3. The minimum absolute atomic E-state index is 0.809. The van der Waals surface area contributed by atoms with E-state index in [0.29, 0.717) is 0 Å². The fourth-order valence-electron chi connectivity index (χ4n) is 4.42. The van der Waals surface area contributed by atoms with Gasteiger partial charge in [0.1, 0.15) is 0 Å². The molecule has 110 valence electrons. The predicted molar refractivity (Wildman–Crippen MR) is 80.5 cm³/mol. The molecule has 3 heterocycles. The Morgan fingerprint density at radius 3 is 2.84 bits per heavy atom. The van der Waals surface area contributed by atoms with Crippen LogP contribution >= 0.6 is 0 Å². The molecule has 3 heteroatoms. The first-order valence-electron chi connectivity index (χ1n) is 8.56. The molecule has 3 aliphatic heterocycles. The molecule has 3 unspecified atom stereocenters. The Morgan fingerprint density at radius 2 is 2.00 bits per heavy atom. The molecule has 19 heavy (non-hydrogen) atoms. The molecule has 3 atom stereocenters. The minimum atomic E-state index is 0.809. The van der Waals surface area contributed by atoms with Crippen LogP contribution in [-0.4, -0.2) is 61.2 Å².